The Bertz CT molecular complexity index is 978. The van der Waals surface area contributed by atoms with E-state index in [-0.39, 0.29) is 10.3 Å². The zero-order chi connectivity index (χ0) is 16.6. The van der Waals surface area contributed by atoms with Crippen molar-refractivity contribution in [3.63, 3.8) is 0 Å². The molecule has 0 radical (unpaired) electrons. The van der Waals surface area contributed by atoms with Gasteiger partial charge < -0.3 is 0 Å². The Labute approximate surface area is 156 Å². The Kier molecular flexibility index (Phi) is 4.76. The molecule has 0 aliphatic rings. The number of alkyl halides is 3. The number of hydrogen-bond acceptors (Lipinski definition) is 3. The van der Waals surface area contributed by atoms with Crippen LogP contribution in [0, 0.1) is 4.77 Å². The van der Waals surface area contributed by atoms with Crippen molar-refractivity contribution < 1.29 is 0 Å². The van der Waals surface area contributed by atoms with E-state index in [9.17, 15) is 4.79 Å². The minimum absolute atomic E-state index is 0.247. The Morgan fingerprint density at radius 2 is 1.57 bits per heavy atom. The van der Waals surface area contributed by atoms with E-state index >= 15 is 0 Å². The maximum Gasteiger partial charge on any atom is 0.272 e. The third-order valence-corrected chi connectivity index (χ3v) is 4.96. The van der Waals surface area contributed by atoms with Gasteiger partial charge in [0.1, 0.15) is 0 Å². The van der Waals surface area contributed by atoms with E-state index < -0.39 is 3.12 Å². The van der Waals surface area contributed by atoms with Crippen LogP contribution in [0.25, 0.3) is 16.6 Å². The molecule has 3 nitrogen and oxygen atoms in total. The van der Waals surface area contributed by atoms with Gasteiger partial charge in [-0.05, 0) is 36.5 Å². The van der Waals surface area contributed by atoms with Crippen molar-refractivity contribution in [3.8, 4) is 5.69 Å². The standard InChI is InChI=1S/C15H9Cl3N2OS2/c16-15(17,18)23-20-13(21)11-8-4-5-9-12(11)19(14(20)22)10-6-2-1-3-7-10/h1-9H. The van der Waals surface area contributed by atoms with Crippen LogP contribution in [0.1, 0.15) is 0 Å². The van der Waals surface area contributed by atoms with Gasteiger partial charge >= 0.3 is 0 Å². The van der Waals surface area contributed by atoms with Crippen molar-refractivity contribution in [2.45, 2.75) is 3.12 Å². The Morgan fingerprint density at radius 1 is 0.957 bits per heavy atom. The van der Waals surface area contributed by atoms with Crippen LogP contribution in [0.5, 0.6) is 0 Å². The Morgan fingerprint density at radius 3 is 2.22 bits per heavy atom. The van der Waals surface area contributed by atoms with E-state index in [0.29, 0.717) is 10.9 Å². The number of rotatable bonds is 2. The molecule has 0 unspecified atom stereocenters. The molecule has 0 atom stereocenters. The average Bonchev–Trinajstić information content (AvgIpc) is 2.52. The SMILES string of the molecule is O=c1c2ccccc2n(-c2ccccc2)c(=S)n1SC(Cl)(Cl)Cl. The fourth-order valence-corrected chi connectivity index (χ4v) is 3.82. The summed E-state index contributed by atoms with van der Waals surface area (Å²) in [5.41, 5.74) is 1.22. The maximum absolute atomic E-state index is 12.7. The summed E-state index contributed by atoms with van der Waals surface area (Å²) < 4.78 is 1.57. The maximum atomic E-state index is 12.7. The molecule has 2 aromatic carbocycles. The first kappa shape index (κ1) is 16.9. The van der Waals surface area contributed by atoms with Crippen molar-refractivity contribution >= 4 is 69.9 Å². The molecule has 3 aromatic rings. The highest BCUT2D eigenvalue weighted by molar-refractivity contribution is 8.03. The fraction of sp³-hybridized carbons (Fsp3) is 0.0667. The lowest BCUT2D eigenvalue weighted by molar-refractivity contribution is 0.952. The largest absolute Gasteiger partial charge is 0.286 e. The van der Waals surface area contributed by atoms with Crippen LogP contribution in [0.4, 0.5) is 0 Å². The molecule has 0 spiro atoms. The highest BCUT2D eigenvalue weighted by Gasteiger charge is 2.25. The molecular formula is C15H9Cl3N2OS2. The van der Waals surface area contributed by atoms with E-state index in [2.05, 4.69) is 0 Å². The van der Waals surface area contributed by atoms with Crippen molar-refractivity contribution in [2.75, 3.05) is 0 Å². The van der Waals surface area contributed by atoms with Crippen molar-refractivity contribution in [1.29, 1.82) is 0 Å². The van der Waals surface area contributed by atoms with Gasteiger partial charge in [0.25, 0.3) is 8.68 Å². The molecule has 118 valence electrons. The summed E-state index contributed by atoms with van der Waals surface area (Å²) in [5.74, 6) is 0. The molecule has 23 heavy (non-hydrogen) atoms. The van der Waals surface area contributed by atoms with Gasteiger partial charge in [-0.25, -0.2) is 3.97 Å². The summed E-state index contributed by atoms with van der Waals surface area (Å²) in [6, 6.07) is 16.7. The first-order valence-electron chi connectivity index (χ1n) is 6.47. The monoisotopic (exact) mass is 402 g/mol. The summed E-state index contributed by atoms with van der Waals surface area (Å²) >= 11 is 23.8. The van der Waals surface area contributed by atoms with Gasteiger partial charge in [0, 0.05) is 17.6 Å². The molecule has 1 aromatic heterocycles. The van der Waals surface area contributed by atoms with Crippen LogP contribution in [-0.4, -0.2) is 11.7 Å². The van der Waals surface area contributed by atoms with Gasteiger partial charge in [0.15, 0.2) is 4.77 Å². The van der Waals surface area contributed by atoms with Crippen LogP contribution >= 0.6 is 59.0 Å². The van der Waals surface area contributed by atoms with Gasteiger partial charge in [0.2, 0.25) is 0 Å². The first-order valence-corrected chi connectivity index (χ1v) is 8.78. The average molecular weight is 404 g/mol. The quantitative estimate of drug-likeness (QED) is 0.426. The molecule has 0 saturated carbocycles. The number of nitrogens with zero attached hydrogens (tertiary/aromatic N) is 2. The van der Waals surface area contributed by atoms with Crippen molar-refractivity contribution in [1.82, 2.24) is 8.54 Å². The normalized spacial score (nSPS) is 11.8. The number of aromatic nitrogens is 2. The molecule has 0 N–H and O–H groups in total. The van der Waals surface area contributed by atoms with Crippen LogP contribution in [0.15, 0.2) is 59.4 Å². The number of fused-ring (bicyclic) bond motifs is 1. The van der Waals surface area contributed by atoms with Crippen LogP contribution in [-0.2, 0) is 0 Å². The molecule has 0 fully saturated rings. The van der Waals surface area contributed by atoms with E-state index in [4.69, 9.17) is 47.0 Å². The molecule has 3 rings (SSSR count). The zero-order valence-electron chi connectivity index (χ0n) is 11.4. The predicted octanol–water partition coefficient (Wildman–Crippen LogP) is 5.35. The van der Waals surface area contributed by atoms with E-state index in [1.807, 2.05) is 42.5 Å². The predicted molar refractivity (Wildman–Crippen MR) is 102 cm³/mol. The lowest BCUT2D eigenvalue weighted by Crippen LogP contribution is -2.23. The highest BCUT2D eigenvalue weighted by atomic mass is 35.6. The first-order chi connectivity index (χ1) is 10.9. The highest BCUT2D eigenvalue weighted by Crippen LogP contribution is 2.39. The molecule has 0 amide bonds. The second-order valence-corrected chi connectivity index (χ2v) is 9.09. The third kappa shape index (κ3) is 3.44. The Balaban J connectivity index is 2.44. The molecule has 0 bridgehead atoms. The van der Waals surface area contributed by atoms with Gasteiger partial charge in [0.05, 0.1) is 10.9 Å². The number of benzene rings is 2. The van der Waals surface area contributed by atoms with Crippen LogP contribution in [0.3, 0.4) is 0 Å². The molecule has 0 aliphatic carbocycles. The van der Waals surface area contributed by atoms with Gasteiger partial charge in [-0.1, -0.05) is 65.1 Å². The topological polar surface area (TPSA) is 26.9 Å². The summed E-state index contributed by atoms with van der Waals surface area (Å²) in [7, 11) is 0. The van der Waals surface area contributed by atoms with E-state index in [1.54, 1.807) is 16.7 Å². The molecule has 0 saturated heterocycles. The Hall–Kier alpha value is -0.980. The van der Waals surface area contributed by atoms with Gasteiger partial charge in [-0.3, -0.25) is 9.36 Å². The zero-order valence-corrected chi connectivity index (χ0v) is 15.3. The summed E-state index contributed by atoms with van der Waals surface area (Å²) in [5, 5.41) is 0.492. The summed E-state index contributed by atoms with van der Waals surface area (Å²) in [4.78, 5) is 12.7. The van der Waals surface area contributed by atoms with E-state index in [0.717, 1.165) is 17.6 Å². The number of halogens is 3. The second kappa shape index (κ2) is 6.49. The number of para-hydroxylation sites is 2. The minimum Gasteiger partial charge on any atom is -0.286 e. The summed E-state index contributed by atoms with van der Waals surface area (Å²) in [6.45, 7) is 0. The number of hydrogen-bond donors (Lipinski definition) is 0. The summed E-state index contributed by atoms with van der Waals surface area (Å²) in [6.07, 6.45) is 0. The second-order valence-electron chi connectivity index (χ2n) is 4.61. The minimum atomic E-state index is -1.70. The third-order valence-electron chi connectivity index (χ3n) is 3.13. The van der Waals surface area contributed by atoms with Gasteiger partial charge in [-0.15, -0.1) is 0 Å². The van der Waals surface area contributed by atoms with Gasteiger partial charge in [-0.2, -0.15) is 0 Å². The lowest BCUT2D eigenvalue weighted by Gasteiger charge is -2.17. The van der Waals surface area contributed by atoms with Crippen LogP contribution in [0.2, 0.25) is 0 Å². The molecule has 0 aliphatic heterocycles. The fourth-order valence-electron chi connectivity index (χ4n) is 2.25. The lowest BCUT2D eigenvalue weighted by atomic mass is 10.2. The molecular weight excluding hydrogens is 395 g/mol. The van der Waals surface area contributed by atoms with Crippen molar-refractivity contribution in [2.24, 2.45) is 0 Å². The van der Waals surface area contributed by atoms with E-state index in [1.165, 1.54) is 3.97 Å². The smallest absolute Gasteiger partial charge is 0.272 e. The van der Waals surface area contributed by atoms with Crippen LogP contribution < -0.4 is 5.56 Å². The van der Waals surface area contributed by atoms with Crippen molar-refractivity contribution in [3.05, 3.63) is 69.7 Å². The molecule has 8 heteroatoms. The molecule has 1 heterocycles.